The molecule has 0 aromatic heterocycles. The Morgan fingerprint density at radius 3 is 1.83 bits per heavy atom. The number of esters is 1. The molecule has 0 bridgehead atoms. The first-order valence-electron chi connectivity index (χ1n) is 8.90. The summed E-state index contributed by atoms with van der Waals surface area (Å²) in [7, 11) is 1.32. The molecular formula is C18H32O6. The number of ether oxygens (including phenoxy) is 1. The van der Waals surface area contributed by atoms with Crippen molar-refractivity contribution in [1.82, 2.24) is 0 Å². The number of unbranched alkanes of at least 4 members (excludes halogenated alkanes) is 7. The topological polar surface area (TPSA) is 101 Å². The summed E-state index contributed by atoms with van der Waals surface area (Å²) in [6.07, 6.45) is 9.04. The van der Waals surface area contributed by atoms with Crippen molar-refractivity contribution in [3.63, 3.8) is 0 Å². The maximum Gasteiger partial charge on any atom is 0.308 e. The lowest BCUT2D eigenvalue weighted by atomic mass is 9.91. The van der Waals surface area contributed by atoms with Crippen molar-refractivity contribution in [2.45, 2.75) is 77.6 Å². The third kappa shape index (κ3) is 11.9. The second-order valence-corrected chi connectivity index (χ2v) is 6.46. The minimum atomic E-state index is -0.843. The highest BCUT2D eigenvalue weighted by atomic mass is 16.5. The van der Waals surface area contributed by atoms with Gasteiger partial charge < -0.3 is 14.9 Å². The molecule has 0 saturated heterocycles. The van der Waals surface area contributed by atoms with Gasteiger partial charge in [0.15, 0.2) is 0 Å². The van der Waals surface area contributed by atoms with E-state index in [2.05, 4.69) is 4.74 Å². The van der Waals surface area contributed by atoms with Gasteiger partial charge in [0.25, 0.3) is 0 Å². The molecule has 0 aliphatic rings. The predicted molar refractivity (Wildman–Crippen MR) is 90.7 cm³/mol. The van der Waals surface area contributed by atoms with Gasteiger partial charge in [-0.25, -0.2) is 0 Å². The van der Waals surface area contributed by atoms with Crippen molar-refractivity contribution < 1.29 is 29.3 Å². The molecule has 0 fully saturated rings. The van der Waals surface area contributed by atoms with Crippen LogP contribution in [0, 0.1) is 11.8 Å². The van der Waals surface area contributed by atoms with E-state index in [1.54, 1.807) is 6.92 Å². The Balaban J connectivity index is 3.69. The van der Waals surface area contributed by atoms with E-state index < -0.39 is 17.9 Å². The van der Waals surface area contributed by atoms with Crippen molar-refractivity contribution in [2.24, 2.45) is 11.8 Å². The van der Waals surface area contributed by atoms with Crippen LogP contribution in [0.3, 0.4) is 0 Å². The van der Waals surface area contributed by atoms with Gasteiger partial charge in [-0.05, 0) is 19.3 Å². The number of aliphatic carboxylic acids is 2. The summed E-state index contributed by atoms with van der Waals surface area (Å²) < 4.78 is 4.64. The summed E-state index contributed by atoms with van der Waals surface area (Å²) in [4.78, 5) is 33.0. The lowest BCUT2D eigenvalue weighted by Crippen LogP contribution is -2.22. The molecule has 0 rings (SSSR count). The minimum Gasteiger partial charge on any atom is -0.481 e. The van der Waals surface area contributed by atoms with E-state index in [-0.39, 0.29) is 18.3 Å². The number of hydrogen-bond donors (Lipinski definition) is 2. The maximum atomic E-state index is 11.4. The molecule has 0 heterocycles. The Morgan fingerprint density at radius 1 is 0.875 bits per heavy atom. The Bertz CT molecular complexity index is 380. The molecule has 0 aromatic carbocycles. The second-order valence-electron chi connectivity index (χ2n) is 6.46. The van der Waals surface area contributed by atoms with Crippen molar-refractivity contribution in [2.75, 3.05) is 7.11 Å². The molecule has 24 heavy (non-hydrogen) atoms. The fourth-order valence-electron chi connectivity index (χ4n) is 2.79. The van der Waals surface area contributed by atoms with Crippen molar-refractivity contribution in [3.05, 3.63) is 0 Å². The molecule has 0 aromatic rings. The second kappa shape index (κ2) is 13.8. The molecule has 140 valence electrons. The number of carboxylic acids is 2. The number of methoxy groups -OCH3 is 1. The molecule has 0 aliphatic heterocycles. The van der Waals surface area contributed by atoms with Crippen LogP contribution in [0.4, 0.5) is 0 Å². The van der Waals surface area contributed by atoms with E-state index in [9.17, 15) is 19.5 Å². The van der Waals surface area contributed by atoms with Crippen molar-refractivity contribution in [3.8, 4) is 0 Å². The summed E-state index contributed by atoms with van der Waals surface area (Å²) in [6.45, 7) is 1.70. The number of hydrogen-bond acceptors (Lipinski definition) is 4. The summed E-state index contributed by atoms with van der Waals surface area (Å²) >= 11 is 0. The third-order valence-electron chi connectivity index (χ3n) is 4.28. The Morgan fingerprint density at radius 2 is 1.38 bits per heavy atom. The Labute approximate surface area is 144 Å². The van der Waals surface area contributed by atoms with Gasteiger partial charge in [0.1, 0.15) is 0 Å². The van der Waals surface area contributed by atoms with E-state index in [0.29, 0.717) is 12.8 Å². The normalized spacial score (nSPS) is 13.2. The van der Waals surface area contributed by atoms with E-state index in [0.717, 1.165) is 51.4 Å². The van der Waals surface area contributed by atoms with Crippen LogP contribution in [-0.2, 0) is 19.1 Å². The first kappa shape index (κ1) is 22.4. The first-order chi connectivity index (χ1) is 11.4. The molecule has 6 nitrogen and oxygen atoms in total. The van der Waals surface area contributed by atoms with Gasteiger partial charge in [-0.15, -0.1) is 0 Å². The van der Waals surface area contributed by atoms with E-state index in [1.807, 2.05) is 0 Å². The molecule has 0 spiro atoms. The van der Waals surface area contributed by atoms with E-state index >= 15 is 0 Å². The Kier molecular flexibility index (Phi) is 12.9. The molecule has 2 unspecified atom stereocenters. The summed E-state index contributed by atoms with van der Waals surface area (Å²) in [5, 5.41) is 17.8. The van der Waals surface area contributed by atoms with Crippen LogP contribution in [-0.4, -0.2) is 35.2 Å². The monoisotopic (exact) mass is 344 g/mol. The molecule has 6 heteroatoms. The predicted octanol–water partition coefficient (Wildman–Crippen LogP) is 3.87. The average Bonchev–Trinajstić information content (AvgIpc) is 2.53. The molecule has 0 aliphatic carbocycles. The lowest BCUT2D eigenvalue weighted by molar-refractivity contribution is -0.147. The largest absolute Gasteiger partial charge is 0.481 e. The summed E-state index contributed by atoms with van der Waals surface area (Å²) in [6, 6.07) is 0. The van der Waals surface area contributed by atoms with Crippen LogP contribution in [0.5, 0.6) is 0 Å². The quantitative estimate of drug-likeness (QED) is 0.345. The SMILES string of the molecule is COC(=O)C(C)CC(CCCCCCCCCCC(=O)O)C(=O)O. The first-order valence-corrected chi connectivity index (χ1v) is 8.90. The van der Waals surface area contributed by atoms with Crippen molar-refractivity contribution >= 4 is 17.9 Å². The summed E-state index contributed by atoms with van der Waals surface area (Å²) in [5.74, 6) is -2.81. The molecule has 0 radical (unpaired) electrons. The molecule has 0 amide bonds. The van der Waals surface area contributed by atoms with Gasteiger partial charge in [-0.2, -0.15) is 0 Å². The van der Waals surface area contributed by atoms with Crippen LogP contribution in [0.2, 0.25) is 0 Å². The van der Waals surface area contributed by atoms with Gasteiger partial charge in [-0.1, -0.05) is 51.9 Å². The average molecular weight is 344 g/mol. The van der Waals surface area contributed by atoms with Crippen LogP contribution in [0.25, 0.3) is 0 Å². The van der Waals surface area contributed by atoms with Crippen LogP contribution >= 0.6 is 0 Å². The fourth-order valence-corrected chi connectivity index (χ4v) is 2.79. The summed E-state index contributed by atoms with van der Waals surface area (Å²) in [5.41, 5.74) is 0. The fraction of sp³-hybridized carbons (Fsp3) is 0.833. The van der Waals surface area contributed by atoms with Gasteiger partial charge in [0, 0.05) is 6.42 Å². The molecule has 2 atom stereocenters. The zero-order valence-corrected chi connectivity index (χ0v) is 15.0. The Hall–Kier alpha value is -1.59. The molecular weight excluding hydrogens is 312 g/mol. The number of carbonyl (C=O) groups is 3. The third-order valence-corrected chi connectivity index (χ3v) is 4.28. The highest BCUT2D eigenvalue weighted by Gasteiger charge is 2.24. The van der Waals surface area contributed by atoms with Crippen LogP contribution in [0.15, 0.2) is 0 Å². The maximum absolute atomic E-state index is 11.4. The molecule has 0 saturated carbocycles. The van der Waals surface area contributed by atoms with Gasteiger partial charge in [0.2, 0.25) is 0 Å². The molecule has 2 N–H and O–H groups in total. The smallest absolute Gasteiger partial charge is 0.308 e. The zero-order valence-electron chi connectivity index (χ0n) is 15.0. The van der Waals surface area contributed by atoms with Gasteiger partial charge in [0.05, 0.1) is 18.9 Å². The van der Waals surface area contributed by atoms with Gasteiger partial charge >= 0.3 is 17.9 Å². The van der Waals surface area contributed by atoms with E-state index in [4.69, 9.17) is 5.11 Å². The highest BCUT2D eigenvalue weighted by Crippen LogP contribution is 2.21. The van der Waals surface area contributed by atoms with E-state index in [1.165, 1.54) is 7.11 Å². The number of carbonyl (C=O) groups excluding carboxylic acids is 1. The zero-order chi connectivity index (χ0) is 18.4. The number of rotatable bonds is 15. The van der Waals surface area contributed by atoms with Crippen molar-refractivity contribution in [1.29, 1.82) is 0 Å². The number of carboxylic acid groups (broad SMARTS) is 2. The standard InChI is InChI=1S/C18H32O6/c1-14(18(23)24-2)13-15(17(21)22)11-9-7-5-3-4-6-8-10-12-16(19)20/h14-15H,3-13H2,1-2H3,(H,19,20)(H,21,22). The highest BCUT2D eigenvalue weighted by molar-refractivity contribution is 5.74. The minimum absolute atomic E-state index is 0.251. The van der Waals surface area contributed by atoms with Gasteiger partial charge in [-0.3, -0.25) is 14.4 Å². The van der Waals surface area contributed by atoms with Crippen LogP contribution < -0.4 is 0 Å². The lowest BCUT2D eigenvalue weighted by Gasteiger charge is -2.16. The van der Waals surface area contributed by atoms with Crippen LogP contribution in [0.1, 0.15) is 77.6 Å².